The molecule has 100 valence electrons. The van der Waals surface area contributed by atoms with Crippen LogP contribution in [-0.2, 0) is 14.6 Å². The van der Waals surface area contributed by atoms with E-state index in [2.05, 4.69) is 0 Å². The first-order chi connectivity index (χ1) is 7.96. The predicted octanol–water partition coefficient (Wildman–Crippen LogP) is 0.313. The Labute approximate surface area is 106 Å². The highest BCUT2D eigenvalue weighted by atomic mass is 32.2. The number of carboxylic acid groups (broad SMARTS) is 1. The molecule has 1 saturated heterocycles. The van der Waals surface area contributed by atoms with Gasteiger partial charge in [0.15, 0.2) is 9.84 Å². The molecule has 0 bridgehead atoms. The molecular formula is C10H19NO4S2. The highest BCUT2D eigenvalue weighted by molar-refractivity contribution is 7.99. The van der Waals surface area contributed by atoms with E-state index in [1.165, 1.54) is 0 Å². The molecule has 17 heavy (non-hydrogen) atoms. The summed E-state index contributed by atoms with van der Waals surface area (Å²) in [6, 6.07) is -0.537. The van der Waals surface area contributed by atoms with Gasteiger partial charge in [-0.2, -0.15) is 11.8 Å². The Morgan fingerprint density at radius 2 is 2.18 bits per heavy atom. The molecule has 0 aromatic carbocycles. The van der Waals surface area contributed by atoms with Crippen LogP contribution in [0.25, 0.3) is 0 Å². The standard InChI is InChI=1S/C10H19NO4S2/c1-2-6-17(14,15)7-4-11-3-5-16-8-9(11)10(12)13/h9H,2-8H2,1H3,(H,12,13). The Bertz CT molecular complexity index is 355. The molecule has 1 heterocycles. The van der Waals surface area contributed by atoms with Gasteiger partial charge in [0.2, 0.25) is 0 Å². The molecule has 1 aliphatic heterocycles. The van der Waals surface area contributed by atoms with E-state index in [9.17, 15) is 13.2 Å². The number of nitrogens with zero attached hydrogens (tertiary/aromatic N) is 1. The van der Waals surface area contributed by atoms with Crippen molar-refractivity contribution in [2.75, 3.05) is 36.1 Å². The summed E-state index contributed by atoms with van der Waals surface area (Å²) in [4.78, 5) is 12.8. The number of aliphatic carboxylic acids is 1. The van der Waals surface area contributed by atoms with Crippen molar-refractivity contribution in [1.29, 1.82) is 0 Å². The molecular weight excluding hydrogens is 262 g/mol. The Balaban J connectivity index is 2.51. The van der Waals surface area contributed by atoms with E-state index in [-0.39, 0.29) is 11.5 Å². The molecule has 1 N–H and O–H groups in total. The van der Waals surface area contributed by atoms with Crippen LogP contribution in [0, 0.1) is 0 Å². The normalized spacial score (nSPS) is 22.5. The second-order valence-corrected chi connectivity index (χ2v) is 7.57. The molecule has 7 heteroatoms. The minimum atomic E-state index is -3.02. The zero-order valence-electron chi connectivity index (χ0n) is 9.96. The Hall–Kier alpha value is -0.270. The van der Waals surface area contributed by atoms with Gasteiger partial charge < -0.3 is 5.11 Å². The highest BCUT2D eigenvalue weighted by Gasteiger charge is 2.29. The number of thioether (sulfide) groups is 1. The third kappa shape index (κ3) is 4.85. The fourth-order valence-electron chi connectivity index (χ4n) is 1.80. The lowest BCUT2D eigenvalue weighted by Crippen LogP contribution is -2.48. The molecule has 0 amide bonds. The van der Waals surface area contributed by atoms with Crippen LogP contribution < -0.4 is 0 Å². The third-order valence-electron chi connectivity index (χ3n) is 2.73. The minimum absolute atomic E-state index is 0.0648. The minimum Gasteiger partial charge on any atom is -0.480 e. The lowest BCUT2D eigenvalue weighted by atomic mass is 10.3. The molecule has 5 nitrogen and oxygen atoms in total. The van der Waals surface area contributed by atoms with Gasteiger partial charge in [-0.05, 0) is 6.42 Å². The Morgan fingerprint density at radius 3 is 2.76 bits per heavy atom. The fourth-order valence-corrected chi connectivity index (χ4v) is 4.25. The number of rotatable bonds is 6. The summed E-state index contributed by atoms with van der Waals surface area (Å²) in [5, 5.41) is 9.04. The zero-order chi connectivity index (χ0) is 12.9. The summed E-state index contributed by atoms with van der Waals surface area (Å²) in [6.07, 6.45) is 0.612. The predicted molar refractivity (Wildman–Crippen MR) is 69.3 cm³/mol. The maximum Gasteiger partial charge on any atom is 0.321 e. The van der Waals surface area contributed by atoms with Gasteiger partial charge in [-0.3, -0.25) is 9.69 Å². The first kappa shape index (κ1) is 14.8. The molecule has 0 aromatic rings. The maximum absolute atomic E-state index is 11.6. The SMILES string of the molecule is CCCS(=O)(=O)CCN1CCSCC1C(=O)O. The van der Waals surface area contributed by atoms with Crippen LogP contribution >= 0.6 is 11.8 Å². The summed E-state index contributed by atoms with van der Waals surface area (Å²) >= 11 is 1.61. The highest BCUT2D eigenvalue weighted by Crippen LogP contribution is 2.16. The van der Waals surface area contributed by atoms with Crippen LogP contribution in [0.5, 0.6) is 0 Å². The van der Waals surface area contributed by atoms with Gasteiger partial charge in [0.05, 0.1) is 5.75 Å². The monoisotopic (exact) mass is 281 g/mol. The van der Waals surface area contributed by atoms with Gasteiger partial charge in [-0.15, -0.1) is 0 Å². The molecule has 0 saturated carbocycles. The first-order valence-corrected chi connectivity index (χ1v) is 8.69. The number of carbonyl (C=O) groups is 1. The van der Waals surface area contributed by atoms with E-state index in [1.54, 1.807) is 16.7 Å². The van der Waals surface area contributed by atoms with Crippen molar-refractivity contribution in [3.8, 4) is 0 Å². The van der Waals surface area contributed by atoms with Crippen molar-refractivity contribution >= 4 is 27.6 Å². The quantitative estimate of drug-likeness (QED) is 0.755. The number of sulfone groups is 1. The van der Waals surface area contributed by atoms with E-state index in [0.29, 0.717) is 25.3 Å². The van der Waals surface area contributed by atoms with Gasteiger partial charge in [-0.25, -0.2) is 8.42 Å². The van der Waals surface area contributed by atoms with Crippen LogP contribution in [0.4, 0.5) is 0 Å². The van der Waals surface area contributed by atoms with Crippen molar-refractivity contribution in [2.24, 2.45) is 0 Å². The second-order valence-electron chi connectivity index (χ2n) is 4.12. The van der Waals surface area contributed by atoms with Crippen molar-refractivity contribution in [2.45, 2.75) is 19.4 Å². The maximum atomic E-state index is 11.6. The summed E-state index contributed by atoms with van der Waals surface area (Å²) in [6.45, 7) is 2.82. The number of hydrogen-bond donors (Lipinski definition) is 1. The molecule has 1 atom stereocenters. The van der Waals surface area contributed by atoms with Gasteiger partial charge in [0, 0.05) is 30.3 Å². The van der Waals surface area contributed by atoms with Gasteiger partial charge in [0.1, 0.15) is 6.04 Å². The summed E-state index contributed by atoms with van der Waals surface area (Å²) < 4.78 is 23.1. The molecule has 1 unspecified atom stereocenters. The van der Waals surface area contributed by atoms with Gasteiger partial charge in [0.25, 0.3) is 0 Å². The molecule has 1 aliphatic rings. The smallest absolute Gasteiger partial charge is 0.321 e. The summed E-state index contributed by atoms with van der Waals surface area (Å²) in [5.41, 5.74) is 0. The molecule has 0 spiro atoms. The van der Waals surface area contributed by atoms with Crippen molar-refractivity contribution in [3.63, 3.8) is 0 Å². The van der Waals surface area contributed by atoms with E-state index in [1.807, 2.05) is 6.92 Å². The summed E-state index contributed by atoms with van der Waals surface area (Å²) in [7, 11) is -3.02. The van der Waals surface area contributed by atoms with Gasteiger partial charge >= 0.3 is 5.97 Å². The topological polar surface area (TPSA) is 74.7 Å². The number of carboxylic acids is 1. The lowest BCUT2D eigenvalue weighted by molar-refractivity contribution is -0.142. The van der Waals surface area contributed by atoms with E-state index in [4.69, 9.17) is 5.11 Å². The number of hydrogen-bond acceptors (Lipinski definition) is 5. The summed E-state index contributed by atoms with van der Waals surface area (Å²) in [5.74, 6) is 0.814. The fraction of sp³-hybridized carbons (Fsp3) is 0.900. The van der Waals surface area contributed by atoms with Crippen molar-refractivity contribution in [3.05, 3.63) is 0 Å². The van der Waals surface area contributed by atoms with E-state index in [0.717, 1.165) is 5.75 Å². The zero-order valence-corrected chi connectivity index (χ0v) is 11.6. The van der Waals surface area contributed by atoms with Crippen molar-refractivity contribution in [1.82, 2.24) is 4.90 Å². The van der Waals surface area contributed by atoms with Crippen LogP contribution in [0.3, 0.4) is 0 Å². The first-order valence-electron chi connectivity index (χ1n) is 5.71. The Morgan fingerprint density at radius 1 is 1.47 bits per heavy atom. The Kier molecular flexibility index (Phi) is 5.75. The van der Waals surface area contributed by atoms with Crippen LogP contribution in [0.2, 0.25) is 0 Å². The van der Waals surface area contributed by atoms with E-state index >= 15 is 0 Å². The molecule has 0 aromatic heterocycles. The van der Waals surface area contributed by atoms with Crippen LogP contribution in [0.1, 0.15) is 13.3 Å². The van der Waals surface area contributed by atoms with Crippen molar-refractivity contribution < 1.29 is 18.3 Å². The largest absolute Gasteiger partial charge is 0.480 e. The average Bonchev–Trinajstić information content (AvgIpc) is 2.27. The van der Waals surface area contributed by atoms with Gasteiger partial charge in [-0.1, -0.05) is 6.92 Å². The second kappa shape index (κ2) is 6.61. The van der Waals surface area contributed by atoms with Crippen LogP contribution in [0.15, 0.2) is 0 Å². The van der Waals surface area contributed by atoms with E-state index < -0.39 is 21.8 Å². The molecule has 0 aliphatic carbocycles. The molecule has 1 rings (SSSR count). The lowest BCUT2D eigenvalue weighted by Gasteiger charge is -2.32. The average molecular weight is 281 g/mol. The third-order valence-corrected chi connectivity index (χ3v) is 5.59. The molecule has 0 radical (unpaired) electrons. The molecule has 1 fully saturated rings. The van der Waals surface area contributed by atoms with Crippen LogP contribution in [-0.4, -0.2) is 66.5 Å².